The lowest BCUT2D eigenvalue weighted by atomic mass is 10.1. The molecule has 29 heavy (non-hydrogen) atoms. The zero-order chi connectivity index (χ0) is 19.6. The summed E-state index contributed by atoms with van der Waals surface area (Å²) in [6, 6.07) is 3.78. The predicted molar refractivity (Wildman–Crippen MR) is 109 cm³/mol. The van der Waals surface area contributed by atoms with Crippen LogP contribution in [0.2, 0.25) is 0 Å². The Morgan fingerprint density at radius 2 is 2.21 bits per heavy atom. The van der Waals surface area contributed by atoms with E-state index in [4.69, 9.17) is 9.72 Å². The van der Waals surface area contributed by atoms with Crippen molar-refractivity contribution in [3.8, 4) is 0 Å². The van der Waals surface area contributed by atoms with Crippen molar-refractivity contribution in [2.75, 3.05) is 31.1 Å². The number of rotatable bonds is 6. The molecule has 7 nitrogen and oxygen atoms in total. The van der Waals surface area contributed by atoms with Crippen molar-refractivity contribution in [2.45, 2.75) is 19.4 Å². The van der Waals surface area contributed by atoms with Crippen LogP contribution in [0.4, 0.5) is 5.95 Å². The summed E-state index contributed by atoms with van der Waals surface area (Å²) in [4.78, 5) is 27.6. The first-order valence-electron chi connectivity index (χ1n) is 10.3. The Hall–Kier alpha value is -2.80. The van der Waals surface area contributed by atoms with Gasteiger partial charge in [-0.05, 0) is 41.9 Å². The van der Waals surface area contributed by atoms with E-state index in [2.05, 4.69) is 20.2 Å². The molecule has 2 fully saturated rings. The van der Waals surface area contributed by atoms with Crippen LogP contribution in [0.1, 0.15) is 23.2 Å². The van der Waals surface area contributed by atoms with Gasteiger partial charge in [0.1, 0.15) is 0 Å². The molecule has 150 valence electrons. The fourth-order valence-corrected chi connectivity index (χ4v) is 4.58. The molecule has 0 aromatic carbocycles. The molecule has 1 aliphatic carbocycles. The highest BCUT2D eigenvalue weighted by Crippen LogP contribution is 2.53. The Bertz CT molecular complexity index is 905. The van der Waals surface area contributed by atoms with Crippen LogP contribution in [0.3, 0.4) is 0 Å². The van der Waals surface area contributed by atoms with Gasteiger partial charge in [0.25, 0.3) is 0 Å². The molecule has 3 aliphatic rings. The number of ether oxygens (including phenoxy) is 1. The highest BCUT2D eigenvalue weighted by Gasteiger charge is 2.55. The van der Waals surface area contributed by atoms with Gasteiger partial charge in [0.05, 0.1) is 18.9 Å². The van der Waals surface area contributed by atoms with Crippen molar-refractivity contribution in [1.82, 2.24) is 20.3 Å². The number of aromatic nitrogens is 3. The average molecular weight is 391 g/mol. The number of hydrogen-bond donors (Lipinski definition) is 1. The molecule has 5 rings (SSSR count). The van der Waals surface area contributed by atoms with Crippen molar-refractivity contribution < 1.29 is 9.53 Å². The van der Waals surface area contributed by atoms with Gasteiger partial charge >= 0.3 is 0 Å². The number of anilines is 1. The third-order valence-corrected chi connectivity index (χ3v) is 6.22. The van der Waals surface area contributed by atoms with E-state index >= 15 is 0 Å². The zero-order valence-electron chi connectivity index (χ0n) is 16.3. The minimum Gasteiger partial charge on any atom is -0.376 e. The molecule has 1 saturated heterocycles. The lowest BCUT2D eigenvalue weighted by molar-refractivity contribution is -0.116. The molecule has 1 saturated carbocycles. The fourth-order valence-electron chi connectivity index (χ4n) is 4.58. The van der Waals surface area contributed by atoms with E-state index in [0.29, 0.717) is 24.4 Å². The fraction of sp³-hybridized carbons (Fsp3) is 0.455. The molecule has 4 heterocycles. The van der Waals surface area contributed by atoms with Gasteiger partial charge in [-0.25, -0.2) is 9.97 Å². The van der Waals surface area contributed by atoms with E-state index in [1.807, 2.05) is 18.3 Å². The Morgan fingerprint density at radius 1 is 1.31 bits per heavy atom. The minimum absolute atomic E-state index is 0.0484. The maximum Gasteiger partial charge on any atom is 0.244 e. The van der Waals surface area contributed by atoms with Gasteiger partial charge in [0.15, 0.2) is 0 Å². The zero-order valence-corrected chi connectivity index (χ0v) is 16.3. The number of amides is 1. The summed E-state index contributed by atoms with van der Waals surface area (Å²) in [6.07, 6.45) is 10.7. The van der Waals surface area contributed by atoms with Crippen molar-refractivity contribution >= 4 is 17.9 Å². The Balaban J connectivity index is 1.06. The number of nitrogens with one attached hydrogen (secondary N) is 1. The maximum atomic E-state index is 12.0. The number of piperidine rings is 1. The summed E-state index contributed by atoms with van der Waals surface area (Å²) in [5.41, 5.74) is 3.19. The second kappa shape index (κ2) is 7.91. The number of pyridine rings is 1. The molecule has 1 unspecified atom stereocenters. The van der Waals surface area contributed by atoms with Gasteiger partial charge in [0.2, 0.25) is 11.9 Å². The van der Waals surface area contributed by atoms with Crippen LogP contribution in [-0.4, -0.2) is 47.1 Å². The highest BCUT2D eigenvalue weighted by atomic mass is 16.5. The molecule has 0 radical (unpaired) electrons. The highest BCUT2D eigenvalue weighted by molar-refractivity contribution is 5.91. The van der Waals surface area contributed by atoms with Crippen LogP contribution in [0, 0.1) is 17.8 Å². The van der Waals surface area contributed by atoms with Gasteiger partial charge in [0, 0.05) is 56.3 Å². The summed E-state index contributed by atoms with van der Waals surface area (Å²) in [5.74, 6) is 2.94. The minimum atomic E-state index is -0.0484. The van der Waals surface area contributed by atoms with E-state index in [9.17, 15) is 4.79 Å². The van der Waals surface area contributed by atoms with Gasteiger partial charge < -0.3 is 15.0 Å². The number of hydrogen-bond acceptors (Lipinski definition) is 6. The maximum absolute atomic E-state index is 12.0. The smallest absolute Gasteiger partial charge is 0.244 e. The molecule has 1 amide bonds. The molecule has 3 atom stereocenters. The summed E-state index contributed by atoms with van der Waals surface area (Å²) < 4.78 is 5.46. The normalized spacial score (nSPS) is 25.0. The van der Waals surface area contributed by atoms with E-state index in [1.165, 1.54) is 0 Å². The first kappa shape index (κ1) is 18.2. The topological polar surface area (TPSA) is 80.2 Å². The van der Waals surface area contributed by atoms with Gasteiger partial charge in [-0.2, -0.15) is 0 Å². The van der Waals surface area contributed by atoms with Crippen LogP contribution in [0.15, 0.2) is 36.8 Å². The van der Waals surface area contributed by atoms with Gasteiger partial charge in [-0.15, -0.1) is 0 Å². The third-order valence-electron chi connectivity index (χ3n) is 6.22. The molecule has 2 aromatic rings. The molecule has 2 aromatic heterocycles. The quantitative estimate of drug-likeness (QED) is 0.757. The standard InChI is InChI=1S/C22H25N5O2/c28-21(4-3-15-2-1-7-23-10-15)24-8-5-17-18-12-27(13-19(17)18)22-25-11-16-14-29-9-6-20(16)26-22/h1-4,7,10-11,17-19H,5-6,8-9,12-14H2,(H,24,28)/b4-3+/t17?,18-,19+. The van der Waals surface area contributed by atoms with E-state index < -0.39 is 0 Å². The van der Waals surface area contributed by atoms with Crippen molar-refractivity contribution in [1.29, 1.82) is 0 Å². The second-order valence-electron chi connectivity index (χ2n) is 8.04. The van der Waals surface area contributed by atoms with Crippen LogP contribution in [0.25, 0.3) is 6.08 Å². The van der Waals surface area contributed by atoms with Crippen LogP contribution < -0.4 is 10.2 Å². The predicted octanol–water partition coefficient (Wildman–Crippen LogP) is 1.85. The van der Waals surface area contributed by atoms with Crippen molar-refractivity contribution in [3.63, 3.8) is 0 Å². The number of fused-ring (bicyclic) bond motifs is 2. The monoisotopic (exact) mass is 391 g/mol. The molecular formula is C22H25N5O2. The lowest BCUT2D eigenvalue weighted by Gasteiger charge is -2.22. The lowest BCUT2D eigenvalue weighted by Crippen LogP contribution is -2.28. The second-order valence-corrected chi connectivity index (χ2v) is 8.04. The molecule has 1 N–H and O–H groups in total. The summed E-state index contributed by atoms with van der Waals surface area (Å²) in [6.45, 7) is 4.16. The van der Waals surface area contributed by atoms with Crippen LogP contribution in [0.5, 0.6) is 0 Å². The van der Waals surface area contributed by atoms with Gasteiger partial charge in [-0.3, -0.25) is 9.78 Å². The van der Waals surface area contributed by atoms with Crippen molar-refractivity contribution in [2.24, 2.45) is 17.8 Å². The SMILES string of the molecule is O=C(/C=C/c1cccnc1)NCCC1[C@H]2CN(c3ncc4c(n3)CCOC4)C[C@@H]12. The average Bonchev–Trinajstić information content (AvgIpc) is 3.20. The number of carbonyl (C=O) groups excluding carboxylic acids is 1. The number of nitrogens with zero attached hydrogens (tertiary/aromatic N) is 4. The molecular weight excluding hydrogens is 366 g/mol. The van der Waals surface area contributed by atoms with Crippen LogP contribution >= 0.6 is 0 Å². The molecule has 2 aliphatic heterocycles. The molecule has 7 heteroatoms. The Kier molecular flexibility index (Phi) is 4.97. The number of carbonyl (C=O) groups is 1. The van der Waals surface area contributed by atoms with Gasteiger partial charge in [-0.1, -0.05) is 6.07 Å². The molecule has 0 spiro atoms. The first-order valence-corrected chi connectivity index (χ1v) is 10.3. The Morgan fingerprint density at radius 3 is 3.03 bits per heavy atom. The Labute approximate surface area is 170 Å². The summed E-state index contributed by atoms with van der Waals surface area (Å²) in [7, 11) is 0. The van der Waals surface area contributed by atoms with E-state index in [-0.39, 0.29) is 5.91 Å². The molecule has 0 bridgehead atoms. The first-order chi connectivity index (χ1) is 14.3. The summed E-state index contributed by atoms with van der Waals surface area (Å²) >= 11 is 0. The largest absolute Gasteiger partial charge is 0.376 e. The van der Waals surface area contributed by atoms with E-state index in [1.54, 1.807) is 24.5 Å². The summed E-state index contributed by atoms with van der Waals surface area (Å²) in [5, 5.41) is 2.99. The van der Waals surface area contributed by atoms with Crippen molar-refractivity contribution in [3.05, 3.63) is 53.6 Å². The van der Waals surface area contributed by atoms with E-state index in [0.717, 1.165) is 61.9 Å². The van der Waals surface area contributed by atoms with Crippen LogP contribution in [-0.2, 0) is 22.6 Å². The third kappa shape index (κ3) is 4.00.